The molecular formula is C13H18N4S. The van der Waals surface area contributed by atoms with Crippen molar-refractivity contribution in [3.63, 3.8) is 0 Å². The van der Waals surface area contributed by atoms with Crippen LogP contribution in [0, 0.1) is 18.5 Å². The molecule has 4 nitrogen and oxygen atoms in total. The first-order valence-corrected chi connectivity index (χ1v) is 6.37. The zero-order valence-corrected chi connectivity index (χ0v) is 12.0. The molecular weight excluding hydrogens is 244 g/mol. The highest BCUT2D eigenvalue weighted by Crippen LogP contribution is 2.25. The predicted molar refractivity (Wildman–Crippen MR) is 77.0 cm³/mol. The Morgan fingerprint density at radius 1 is 1.28 bits per heavy atom. The summed E-state index contributed by atoms with van der Waals surface area (Å²) in [5, 5.41) is 4.52. The van der Waals surface area contributed by atoms with Crippen LogP contribution in [-0.4, -0.2) is 14.3 Å². The van der Waals surface area contributed by atoms with Gasteiger partial charge in [0.05, 0.1) is 5.69 Å². The minimum absolute atomic E-state index is 0.679. The molecule has 18 heavy (non-hydrogen) atoms. The van der Waals surface area contributed by atoms with Crippen LogP contribution in [0.1, 0.15) is 18.1 Å². The van der Waals surface area contributed by atoms with Gasteiger partial charge in [-0.2, -0.15) is 5.10 Å². The molecule has 0 radical (unpaired) electrons. The predicted octanol–water partition coefficient (Wildman–Crippen LogP) is 2.84. The Bertz CT molecular complexity index is 652. The average molecular weight is 262 g/mol. The van der Waals surface area contributed by atoms with Crippen LogP contribution in [0.3, 0.4) is 0 Å². The molecule has 0 aromatic carbocycles. The van der Waals surface area contributed by atoms with Gasteiger partial charge in [0.25, 0.3) is 0 Å². The van der Waals surface area contributed by atoms with Crippen LogP contribution in [0.5, 0.6) is 0 Å². The number of nitrogens with two attached hydrogens (primary N) is 1. The maximum Gasteiger partial charge on any atom is 0.122 e. The lowest BCUT2D eigenvalue weighted by atomic mass is 10.1. The topological polar surface area (TPSA) is 48.8 Å². The van der Waals surface area contributed by atoms with Crippen molar-refractivity contribution in [1.82, 2.24) is 14.3 Å². The number of rotatable bonds is 2. The van der Waals surface area contributed by atoms with Crippen LogP contribution in [-0.2, 0) is 13.6 Å². The minimum atomic E-state index is 0.679. The third-order valence-corrected chi connectivity index (χ3v) is 3.73. The lowest BCUT2D eigenvalue weighted by molar-refractivity contribution is 0.670. The Labute approximate surface area is 112 Å². The zero-order chi connectivity index (χ0) is 13.4. The molecule has 2 N–H and O–H groups in total. The maximum absolute atomic E-state index is 5.92. The van der Waals surface area contributed by atoms with Crippen molar-refractivity contribution < 1.29 is 0 Å². The van der Waals surface area contributed by atoms with E-state index in [4.69, 9.17) is 18.0 Å². The molecule has 0 bridgehead atoms. The highest BCUT2D eigenvalue weighted by molar-refractivity contribution is 7.71. The first-order valence-electron chi connectivity index (χ1n) is 5.96. The van der Waals surface area contributed by atoms with Gasteiger partial charge in [0.1, 0.15) is 16.2 Å². The van der Waals surface area contributed by atoms with E-state index < -0.39 is 0 Å². The molecule has 0 fully saturated rings. The van der Waals surface area contributed by atoms with Gasteiger partial charge in [-0.15, -0.1) is 0 Å². The SMILES string of the molecule is CCn1nc(-c2c(C)cc(C)c(=S)n2C)cc1N. The monoisotopic (exact) mass is 262 g/mol. The smallest absolute Gasteiger partial charge is 0.122 e. The molecule has 0 spiro atoms. The van der Waals surface area contributed by atoms with E-state index in [-0.39, 0.29) is 0 Å². The summed E-state index contributed by atoms with van der Waals surface area (Å²) in [7, 11) is 1.97. The van der Waals surface area contributed by atoms with E-state index >= 15 is 0 Å². The van der Waals surface area contributed by atoms with Gasteiger partial charge < -0.3 is 10.3 Å². The molecule has 0 saturated heterocycles. The number of hydrogen-bond donors (Lipinski definition) is 1. The Morgan fingerprint density at radius 2 is 1.94 bits per heavy atom. The highest BCUT2D eigenvalue weighted by atomic mass is 32.1. The van der Waals surface area contributed by atoms with Crippen molar-refractivity contribution in [1.29, 1.82) is 0 Å². The standard InChI is InChI=1S/C13H18N4S/c1-5-17-11(14)7-10(15-17)12-8(2)6-9(3)13(18)16(12)4/h6-7H,5,14H2,1-4H3. The van der Waals surface area contributed by atoms with Crippen molar-refractivity contribution in [3.8, 4) is 11.4 Å². The van der Waals surface area contributed by atoms with Crippen LogP contribution in [0.4, 0.5) is 5.82 Å². The Balaban J connectivity index is 2.71. The molecule has 0 aliphatic carbocycles. The third-order valence-electron chi connectivity index (χ3n) is 3.14. The first kappa shape index (κ1) is 12.8. The van der Waals surface area contributed by atoms with E-state index in [0.717, 1.165) is 33.7 Å². The minimum Gasteiger partial charge on any atom is -0.384 e. The van der Waals surface area contributed by atoms with E-state index in [0.29, 0.717) is 5.82 Å². The lowest BCUT2D eigenvalue weighted by Crippen LogP contribution is -2.04. The summed E-state index contributed by atoms with van der Waals surface area (Å²) >= 11 is 5.41. The molecule has 2 aromatic rings. The third kappa shape index (κ3) is 1.95. The number of aromatic nitrogens is 3. The van der Waals surface area contributed by atoms with E-state index in [1.54, 1.807) is 4.68 Å². The quantitative estimate of drug-likeness (QED) is 0.847. The van der Waals surface area contributed by atoms with Crippen LogP contribution in [0.15, 0.2) is 12.1 Å². The molecule has 96 valence electrons. The fourth-order valence-electron chi connectivity index (χ4n) is 2.26. The molecule has 0 atom stereocenters. The molecule has 2 rings (SSSR count). The molecule has 0 saturated carbocycles. The Morgan fingerprint density at radius 3 is 2.50 bits per heavy atom. The summed E-state index contributed by atoms with van der Waals surface area (Å²) < 4.78 is 4.62. The van der Waals surface area contributed by atoms with Gasteiger partial charge in [0.2, 0.25) is 0 Å². The second kappa shape index (κ2) is 4.57. The van der Waals surface area contributed by atoms with E-state index in [9.17, 15) is 0 Å². The van der Waals surface area contributed by atoms with Gasteiger partial charge in [0.15, 0.2) is 0 Å². The number of nitrogen functional groups attached to an aromatic ring is 1. The summed E-state index contributed by atoms with van der Waals surface area (Å²) in [5.41, 5.74) is 10.1. The van der Waals surface area contributed by atoms with E-state index in [1.165, 1.54) is 0 Å². The summed E-state index contributed by atoms with van der Waals surface area (Å²) in [6, 6.07) is 3.99. The van der Waals surface area contributed by atoms with Crippen molar-refractivity contribution in [2.24, 2.45) is 7.05 Å². The van der Waals surface area contributed by atoms with Gasteiger partial charge >= 0.3 is 0 Å². The molecule has 0 aliphatic rings. The second-order valence-corrected chi connectivity index (χ2v) is 4.88. The van der Waals surface area contributed by atoms with Crippen LogP contribution < -0.4 is 5.73 Å². The van der Waals surface area contributed by atoms with Crippen LogP contribution >= 0.6 is 12.2 Å². The van der Waals surface area contributed by atoms with Crippen molar-refractivity contribution in [3.05, 3.63) is 27.9 Å². The normalized spacial score (nSPS) is 10.9. The van der Waals surface area contributed by atoms with Gasteiger partial charge in [0, 0.05) is 19.7 Å². The molecule has 5 heteroatoms. The van der Waals surface area contributed by atoms with E-state index in [1.807, 2.05) is 31.5 Å². The molecule has 2 heterocycles. The first-order chi connectivity index (χ1) is 8.45. The molecule has 0 aliphatic heterocycles. The van der Waals surface area contributed by atoms with Crippen molar-refractivity contribution in [2.45, 2.75) is 27.3 Å². The van der Waals surface area contributed by atoms with E-state index in [2.05, 4.69) is 18.1 Å². The molecule has 0 unspecified atom stereocenters. The molecule has 0 amide bonds. The number of hydrogen-bond acceptors (Lipinski definition) is 3. The summed E-state index contributed by atoms with van der Waals surface area (Å²) in [4.78, 5) is 0. The van der Waals surface area contributed by atoms with Crippen molar-refractivity contribution in [2.75, 3.05) is 5.73 Å². The highest BCUT2D eigenvalue weighted by Gasteiger charge is 2.12. The lowest BCUT2D eigenvalue weighted by Gasteiger charge is -2.12. The van der Waals surface area contributed by atoms with Gasteiger partial charge in [-0.05, 0) is 31.9 Å². The largest absolute Gasteiger partial charge is 0.384 e. The number of nitrogens with zero attached hydrogens (tertiary/aromatic N) is 3. The summed E-state index contributed by atoms with van der Waals surface area (Å²) in [6.07, 6.45) is 0. The van der Waals surface area contributed by atoms with Crippen molar-refractivity contribution >= 4 is 18.0 Å². The number of aryl methyl sites for hydroxylation is 3. The van der Waals surface area contributed by atoms with Gasteiger partial charge in [-0.1, -0.05) is 18.3 Å². The maximum atomic E-state index is 5.92. The fourth-order valence-corrected chi connectivity index (χ4v) is 2.41. The van der Waals surface area contributed by atoms with Crippen LogP contribution in [0.25, 0.3) is 11.4 Å². The average Bonchev–Trinajstić information content (AvgIpc) is 2.67. The Kier molecular flexibility index (Phi) is 3.26. The number of anilines is 1. The fraction of sp³-hybridized carbons (Fsp3) is 0.385. The second-order valence-electron chi connectivity index (χ2n) is 4.49. The number of pyridine rings is 1. The summed E-state index contributed by atoms with van der Waals surface area (Å²) in [5.74, 6) is 0.679. The summed E-state index contributed by atoms with van der Waals surface area (Å²) in [6.45, 7) is 6.88. The molecule has 2 aromatic heterocycles. The van der Waals surface area contributed by atoms with Gasteiger partial charge in [-0.25, -0.2) is 4.68 Å². The zero-order valence-electron chi connectivity index (χ0n) is 11.2. The Hall–Kier alpha value is -1.62. The van der Waals surface area contributed by atoms with Crippen LogP contribution in [0.2, 0.25) is 0 Å². The van der Waals surface area contributed by atoms with Gasteiger partial charge in [-0.3, -0.25) is 0 Å².